The second kappa shape index (κ2) is 7.95. The molecule has 0 aliphatic carbocycles. The SMILES string of the molecule is NC(=O)[C@@H]1CN(C(=O)Cc2ccccc2F)C[C@H]1COc1ccncc1. The number of nitrogens with two attached hydrogens (primary N) is 1. The number of primary amides is 1. The average Bonchev–Trinajstić information content (AvgIpc) is 3.07. The molecule has 1 aromatic heterocycles. The first-order valence-corrected chi connectivity index (χ1v) is 8.38. The quantitative estimate of drug-likeness (QED) is 0.847. The van der Waals surface area contributed by atoms with Crippen LogP contribution in [0, 0.1) is 17.7 Å². The number of aromatic nitrogens is 1. The number of hydrogen-bond donors (Lipinski definition) is 1. The Morgan fingerprint density at radius 1 is 1.19 bits per heavy atom. The number of carbonyl (C=O) groups excluding carboxylic acids is 2. The van der Waals surface area contributed by atoms with Crippen LogP contribution in [0.4, 0.5) is 4.39 Å². The molecule has 2 atom stereocenters. The summed E-state index contributed by atoms with van der Waals surface area (Å²) >= 11 is 0. The molecule has 6 nitrogen and oxygen atoms in total. The largest absolute Gasteiger partial charge is 0.493 e. The van der Waals surface area contributed by atoms with Crippen LogP contribution < -0.4 is 10.5 Å². The molecular weight excluding hydrogens is 337 g/mol. The van der Waals surface area contributed by atoms with E-state index in [1.165, 1.54) is 6.07 Å². The highest BCUT2D eigenvalue weighted by atomic mass is 19.1. The minimum Gasteiger partial charge on any atom is -0.493 e. The van der Waals surface area contributed by atoms with Gasteiger partial charge >= 0.3 is 0 Å². The molecule has 1 aliphatic rings. The zero-order valence-electron chi connectivity index (χ0n) is 14.2. The predicted octanol–water partition coefficient (Wildman–Crippen LogP) is 1.40. The van der Waals surface area contributed by atoms with Gasteiger partial charge in [0.1, 0.15) is 11.6 Å². The number of benzene rings is 1. The fourth-order valence-electron chi connectivity index (χ4n) is 3.12. The highest BCUT2D eigenvalue weighted by Crippen LogP contribution is 2.25. The minimum atomic E-state index is -0.485. The lowest BCUT2D eigenvalue weighted by Gasteiger charge is -2.17. The van der Waals surface area contributed by atoms with E-state index in [9.17, 15) is 14.0 Å². The summed E-state index contributed by atoms with van der Waals surface area (Å²) < 4.78 is 19.4. The fraction of sp³-hybridized carbons (Fsp3) is 0.316. The molecule has 2 N–H and O–H groups in total. The molecule has 2 aromatic rings. The van der Waals surface area contributed by atoms with Crippen LogP contribution >= 0.6 is 0 Å². The molecule has 0 radical (unpaired) electrons. The van der Waals surface area contributed by atoms with Crippen molar-refractivity contribution in [2.24, 2.45) is 17.6 Å². The molecule has 1 saturated heterocycles. The number of ether oxygens (including phenoxy) is 1. The fourth-order valence-corrected chi connectivity index (χ4v) is 3.12. The van der Waals surface area contributed by atoms with Gasteiger partial charge in [-0.05, 0) is 23.8 Å². The van der Waals surface area contributed by atoms with Crippen LogP contribution in [0.25, 0.3) is 0 Å². The van der Waals surface area contributed by atoms with Gasteiger partial charge in [-0.3, -0.25) is 14.6 Å². The number of carbonyl (C=O) groups is 2. The normalized spacial score (nSPS) is 19.3. The first-order valence-electron chi connectivity index (χ1n) is 8.38. The average molecular weight is 357 g/mol. The molecular formula is C19H20FN3O3. The van der Waals surface area contributed by atoms with Crippen molar-refractivity contribution in [2.45, 2.75) is 6.42 Å². The molecule has 2 amide bonds. The van der Waals surface area contributed by atoms with Crippen LogP contribution in [-0.2, 0) is 16.0 Å². The zero-order valence-corrected chi connectivity index (χ0v) is 14.2. The highest BCUT2D eigenvalue weighted by Gasteiger charge is 2.39. The number of likely N-dealkylation sites (tertiary alicyclic amines) is 1. The lowest BCUT2D eigenvalue weighted by atomic mass is 9.96. The number of amides is 2. The van der Waals surface area contributed by atoms with Crippen LogP contribution in [0.5, 0.6) is 5.75 Å². The molecule has 0 spiro atoms. The van der Waals surface area contributed by atoms with Gasteiger partial charge in [0, 0.05) is 31.4 Å². The zero-order chi connectivity index (χ0) is 18.5. The van der Waals surface area contributed by atoms with Gasteiger partial charge in [-0.2, -0.15) is 0 Å². The highest BCUT2D eigenvalue weighted by molar-refractivity contribution is 5.82. The van der Waals surface area contributed by atoms with E-state index >= 15 is 0 Å². The smallest absolute Gasteiger partial charge is 0.227 e. The van der Waals surface area contributed by atoms with Crippen molar-refractivity contribution in [3.05, 3.63) is 60.2 Å². The summed E-state index contributed by atoms with van der Waals surface area (Å²) in [5, 5.41) is 0. The van der Waals surface area contributed by atoms with E-state index in [1.807, 2.05) is 0 Å². The topological polar surface area (TPSA) is 85.5 Å². The van der Waals surface area contributed by atoms with Crippen LogP contribution in [0.3, 0.4) is 0 Å². The molecule has 1 aliphatic heterocycles. The number of hydrogen-bond acceptors (Lipinski definition) is 4. The second-order valence-corrected chi connectivity index (χ2v) is 6.33. The van der Waals surface area contributed by atoms with Crippen molar-refractivity contribution in [1.29, 1.82) is 0 Å². The minimum absolute atomic E-state index is 0.0455. The van der Waals surface area contributed by atoms with Crippen molar-refractivity contribution in [3.63, 3.8) is 0 Å². The Labute approximate surface area is 150 Å². The van der Waals surface area contributed by atoms with E-state index in [0.717, 1.165) is 0 Å². The third kappa shape index (κ3) is 4.17. The van der Waals surface area contributed by atoms with E-state index < -0.39 is 17.6 Å². The van der Waals surface area contributed by atoms with Crippen LogP contribution in [0.2, 0.25) is 0 Å². The lowest BCUT2D eigenvalue weighted by molar-refractivity contribution is -0.129. The molecule has 0 saturated carbocycles. The number of halogens is 1. The molecule has 3 rings (SSSR count). The first-order chi connectivity index (χ1) is 12.5. The standard InChI is InChI=1S/C19H20FN3O3/c20-17-4-2-1-3-13(17)9-18(24)23-10-14(16(11-23)19(21)25)12-26-15-5-7-22-8-6-15/h1-8,14,16H,9-12H2,(H2,21,25)/t14-,16+/m0/s1. The van der Waals surface area contributed by atoms with Crippen LogP contribution in [-0.4, -0.2) is 41.4 Å². The first kappa shape index (κ1) is 17.8. The van der Waals surface area contributed by atoms with Crippen molar-refractivity contribution in [1.82, 2.24) is 9.88 Å². The van der Waals surface area contributed by atoms with Gasteiger partial charge < -0.3 is 15.4 Å². The summed E-state index contributed by atoms with van der Waals surface area (Å²) in [6.45, 7) is 0.847. The van der Waals surface area contributed by atoms with Gasteiger partial charge in [0.15, 0.2) is 0 Å². The predicted molar refractivity (Wildman–Crippen MR) is 92.6 cm³/mol. The van der Waals surface area contributed by atoms with Gasteiger partial charge in [-0.25, -0.2) is 4.39 Å². The maximum Gasteiger partial charge on any atom is 0.227 e. The Morgan fingerprint density at radius 3 is 2.62 bits per heavy atom. The van der Waals surface area contributed by atoms with E-state index in [4.69, 9.17) is 10.5 Å². The summed E-state index contributed by atoms with van der Waals surface area (Å²) in [6, 6.07) is 9.61. The summed E-state index contributed by atoms with van der Waals surface area (Å²) in [5.74, 6) is -1.16. The van der Waals surface area contributed by atoms with E-state index in [2.05, 4.69) is 4.98 Å². The van der Waals surface area contributed by atoms with Gasteiger partial charge in [0.2, 0.25) is 11.8 Å². The number of pyridine rings is 1. The van der Waals surface area contributed by atoms with Crippen LogP contribution in [0.15, 0.2) is 48.8 Å². The molecule has 7 heteroatoms. The van der Waals surface area contributed by atoms with Gasteiger partial charge in [-0.1, -0.05) is 18.2 Å². The molecule has 1 aromatic carbocycles. The van der Waals surface area contributed by atoms with E-state index in [1.54, 1.807) is 47.6 Å². The maximum absolute atomic E-state index is 13.8. The van der Waals surface area contributed by atoms with Crippen molar-refractivity contribution >= 4 is 11.8 Å². The van der Waals surface area contributed by atoms with Crippen molar-refractivity contribution in [3.8, 4) is 5.75 Å². The van der Waals surface area contributed by atoms with Crippen molar-refractivity contribution < 1.29 is 18.7 Å². The molecule has 136 valence electrons. The number of rotatable bonds is 6. The third-order valence-corrected chi connectivity index (χ3v) is 4.57. The summed E-state index contributed by atoms with van der Waals surface area (Å²) in [5.41, 5.74) is 5.83. The Balaban J connectivity index is 1.63. The van der Waals surface area contributed by atoms with Gasteiger partial charge in [0.25, 0.3) is 0 Å². The lowest BCUT2D eigenvalue weighted by Crippen LogP contribution is -2.33. The summed E-state index contributed by atoms with van der Waals surface area (Å²) in [7, 11) is 0. The van der Waals surface area contributed by atoms with E-state index in [-0.39, 0.29) is 31.4 Å². The Morgan fingerprint density at radius 2 is 1.92 bits per heavy atom. The third-order valence-electron chi connectivity index (χ3n) is 4.57. The Bertz CT molecular complexity index is 785. The maximum atomic E-state index is 13.8. The molecule has 1 fully saturated rings. The monoisotopic (exact) mass is 357 g/mol. The van der Waals surface area contributed by atoms with Gasteiger partial charge in [-0.15, -0.1) is 0 Å². The van der Waals surface area contributed by atoms with E-state index in [0.29, 0.717) is 17.9 Å². The van der Waals surface area contributed by atoms with Crippen LogP contribution in [0.1, 0.15) is 5.56 Å². The molecule has 26 heavy (non-hydrogen) atoms. The molecule has 0 unspecified atom stereocenters. The van der Waals surface area contributed by atoms with Gasteiger partial charge in [0.05, 0.1) is 18.9 Å². The number of nitrogens with zero attached hydrogens (tertiary/aromatic N) is 2. The van der Waals surface area contributed by atoms with Crippen molar-refractivity contribution in [2.75, 3.05) is 19.7 Å². The Kier molecular flexibility index (Phi) is 5.46. The Hall–Kier alpha value is -2.96. The second-order valence-electron chi connectivity index (χ2n) is 6.33. The summed E-state index contributed by atoms with van der Waals surface area (Å²) in [6.07, 6.45) is 3.18. The molecule has 0 bridgehead atoms. The summed E-state index contributed by atoms with van der Waals surface area (Å²) in [4.78, 5) is 29.7. The molecule has 2 heterocycles.